The molecule has 1 fully saturated rings. The summed E-state index contributed by atoms with van der Waals surface area (Å²) >= 11 is 0. The second-order valence-electron chi connectivity index (χ2n) is 7.65. The van der Waals surface area contributed by atoms with Gasteiger partial charge < -0.3 is 19.7 Å². The molecule has 2 heterocycles. The summed E-state index contributed by atoms with van der Waals surface area (Å²) in [5, 5.41) is 11.8. The summed E-state index contributed by atoms with van der Waals surface area (Å²) < 4.78 is 10.8. The van der Waals surface area contributed by atoms with Crippen LogP contribution in [0.4, 0.5) is 4.79 Å². The quantitative estimate of drug-likeness (QED) is 0.583. The van der Waals surface area contributed by atoms with Crippen LogP contribution in [0.2, 0.25) is 0 Å². The van der Waals surface area contributed by atoms with Gasteiger partial charge in [0.15, 0.2) is 5.78 Å². The van der Waals surface area contributed by atoms with Crippen LogP contribution >= 0.6 is 0 Å². The van der Waals surface area contributed by atoms with Crippen molar-refractivity contribution in [3.63, 3.8) is 0 Å². The molecule has 2 aromatic rings. The van der Waals surface area contributed by atoms with Gasteiger partial charge in [0.25, 0.3) is 0 Å². The van der Waals surface area contributed by atoms with Crippen molar-refractivity contribution in [1.82, 2.24) is 15.2 Å². The van der Waals surface area contributed by atoms with Crippen molar-refractivity contribution < 1.29 is 23.9 Å². The lowest BCUT2D eigenvalue weighted by Gasteiger charge is -2.23. The minimum Gasteiger partial charge on any atom is -0.450 e. The topological polar surface area (TPSA) is 122 Å². The molecule has 9 nitrogen and oxygen atoms in total. The van der Waals surface area contributed by atoms with Gasteiger partial charge in [-0.3, -0.25) is 9.59 Å². The number of amides is 2. The molecule has 1 aromatic carbocycles. The Hall–Kier alpha value is -3.93. The number of carbonyl (C=O) groups excluding carboxylic acids is 3. The maximum absolute atomic E-state index is 13.0. The maximum Gasteiger partial charge on any atom is 0.407 e. The molecule has 1 atom stereocenters. The molecule has 1 saturated heterocycles. The molecule has 0 saturated carbocycles. The average Bonchev–Trinajstić information content (AvgIpc) is 3.26. The van der Waals surface area contributed by atoms with Crippen molar-refractivity contribution in [3.8, 4) is 17.7 Å². The van der Waals surface area contributed by atoms with Gasteiger partial charge >= 0.3 is 6.09 Å². The maximum atomic E-state index is 13.0. The molecule has 2 amide bonds. The number of hydrogen-bond donors (Lipinski definition) is 1. The number of nitriles is 1. The Kier molecular flexibility index (Phi) is 8.36. The van der Waals surface area contributed by atoms with E-state index in [1.165, 1.54) is 11.1 Å². The zero-order chi connectivity index (χ0) is 23.6. The van der Waals surface area contributed by atoms with Crippen molar-refractivity contribution in [1.29, 1.82) is 5.26 Å². The highest BCUT2D eigenvalue weighted by Gasteiger charge is 2.31. The van der Waals surface area contributed by atoms with Gasteiger partial charge in [0.05, 0.1) is 13.2 Å². The van der Waals surface area contributed by atoms with E-state index in [-0.39, 0.29) is 37.1 Å². The van der Waals surface area contributed by atoms with Crippen LogP contribution in [0.1, 0.15) is 37.3 Å². The molecule has 0 bridgehead atoms. The molecule has 3 rings (SSSR count). The van der Waals surface area contributed by atoms with E-state index in [4.69, 9.17) is 14.7 Å². The van der Waals surface area contributed by atoms with Crippen LogP contribution < -0.4 is 10.1 Å². The molecule has 1 aromatic heterocycles. The van der Waals surface area contributed by atoms with Crippen LogP contribution in [0.3, 0.4) is 0 Å². The van der Waals surface area contributed by atoms with Gasteiger partial charge in [-0.1, -0.05) is 25.5 Å². The van der Waals surface area contributed by atoms with E-state index >= 15 is 0 Å². The Morgan fingerprint density at radius 3 is 2.73 bits per heavy atom. The minimum atomic E-state index is -0.863. The first-order valence-electron chi connectivity index (χ1n) is 10.9. The number of aromatic nitrogens is 1. The molecule has 33 heavy (non-hydrogen) atoms. The molecule has 172 valence electrons. The first kappa shape index (κ1) is 23.7. The summed E-state index contributed by atoms with van der Waals surface area (Å²) in [5.41, 5.74) is 1.10. The lowest BCUT2D eigenvalue weighted by Crippen LogP contribution is -2.49. The number of ether oxygens (including phenoxy) is 2. The lowest BCUT2D eigenvalue weighted by molar-refractivity contribution is -0.133. The summed E-state index contributed by atoms with van der Waals surface area (Å²) in [4.78, 5) is 42.3. The number of nitrogens with zero attached hydrogens (tertiary/aromatic N) is 3. The van der Waals surface area contributed by atoms with E-state index in [9.17, 15) is 14.4 Å². The molecule has 1 aliphatic rings. The van der Waals surface area contributed by atoms with Crippen LogP contribution in [0, 0.1) is 11.3 Å². The van der Waals surface area contributed by atoms with Gasteiger partial charge in [-0.15, -0.1) is 0 Å². The van der Waals surface area contributed by atoms with E-state index in [0.717, 1.165) is 18.4 Å². The molecule has 0 spiro atoms. The zero-order valence-corrected chi connectivity index (χ0v) is 18.5. The predicted molar refractivity (Wildman–Crippen MR) is 119 cm³/mol. The SMILES string of the molecule is CCCCOC(=O)N[C@@H](Cc1ccc(Oc2ncccc2C#N)cc1)C(=O)N1CCC(=O)C1. The monoisotopic (exact) mass is 450 g/mol. The fraction of sp³-hybridized carbons (Fsp3) is 0.375. The van der Waals surface area contributed by atoms with E-state index in [1.54, 1.807) is 36.4 Å². The number of alkyl carbamates (subject to hydrolysis) is 1. The summed E-state index contributed by atoms with van der Waals surface area (Å²) in [6, 6.07) is 11.4. The first-order valence-corrected chi connectivity index (χ1v) is 10.9. The van der Waals surface area contributed by atoms with Gasteiger partial charge in [0.2, 0.25) is 11.8 Å². The number of rotatable bonds is 9. The van der Waals surface area contributed by atoms with Crippen LogP contribution in [0.25, 0.3) is 0 Å². The number of likely N-dealkylation sites (tertiary alicyclic amines) is 1. The smallest absolute Gasteiger partial charge is 0.407 e. The van der Waals surface area contributed by atoms with Gasteiger partial charge in [-0.2, -0.15) is 5.26 Å². The van der Waals surface area contributed by atoms with Gasteiger partial charge in [0, 0.05) is 25.6 Å². The number of hydrogen-bond acceptors (Lipinski definition) is 7. The highest BCUT2D eigenvalue weighted by molar-refractivity contribution is 5.92. The molecule has 1 N–H and O–H groups in total. The molecular weight excluding hydrogens is 424 g/mol. The van der Waals surface area contributed by atoms with Crippen molar-refractivity contribution in [2.45, 2.75) is 38.6 Å². The van der Waals surface area contributed by atoms with Crippen molar-refractivity contribution in [3.05, 3.63) is 53.7 Å². The largest absolute Gasteiger partial charge is 0.450 e. The predicted octanol–water partition coefficient (Wildman–Crippen LogP) is 2.98. The van der Waals surface area contributed by atoms with E-state index < -0.39 is 12.1 Å². The number of nitrogens with one attached hydrogen (secondary N) is 1. The first-order chi connectivity index (χ1) is 16.0. The summed E-state index contributed by atoms with van der Waals surface area (Å²) in [5.74, 6) is 0.367. The van der Waals surface area contributed by atoms with Crippen LogP contribution in [-0.2, 0) is 20.7 Å². The summed E-state index contributed by atoms with van der Waals surface area (Å²) in [6.45, 7) is 2.66. The summed E-state index contributed by atoms with van der Waals surface area (Å²) in [7, 11) is 0. The minimum absolute atomic E-state index is 0.000355. The van der Waals surface area contributed by atoms with Crippen molar-refractivity contribution in [2.24, 2.45) is 0 Å². The number of pyridine rings is 1. The second kappa shape index (κ2) is 11.6. The van der Waals surface area contributed by atoms with Crippen LogP contribution in [0.5, 0.6) is 11.6 Å². The number of ketones is 1. The summed E-state index contributed by atoms with van der Waals surface area (Å²) in [6.07, 6.45) is 3.04. The van der Waals surface area contributed by atoms with Gasteiger partial charge in [0.1, 0.15) is 23.4 Å². The average molecular weight is 450 g/mol. The normalized spacial score (nSPS) is 13.8. The molecule has 9 heteroatoms. The number of carbonyl (C=O) groups is 3. The molecule has 1 aliphatic heterocycles. The Morgan fingerprint density at radius 2 is 2.06 bits per heavy atom. The molecule has 0 unspecified atom stereocenters. The Morgan fingerprint density at radius 1 is 1.27 bits per heavy atom. The Bertz CT molecular complexity index is 1030. The highest BCUT2D eigenvalue weighted by atomic mass is 16.5. The van der Waals surface area contributed by atoms with Crippen LogP contribution in [0.15, 0.2) is 42.6 Å². The van der Waals surface area contributed by atoms with Gasteiger partial charge in [-0.05, 0) is 36.2 Å². The van der Waals surface area contributed by atoms with Gasteiger partial charge in [-0.25, -0.2) is 9.78 Å². The second-order valence-corrected chi connectivity index (χ2v) is 7.65. The zero-order valence-electron chi connectivity index (χ0n) is 18.5. The Labute approximate surface area is 192 Å². The fourth-order valence-corrected chi connectivity index (χ4v) is 3.33. The standard InChI is InChI=1S/C24H26N4O5/c1-2-3-13-32-24(31)27-21(23(30)28-12-10-19(29)16-28)14-17-6-8-20(9-7-17)33-22-18(15-25)5-4-11-26-22/h4-9,11,21H,2-3,10,12-14,16H2,1H3,(H,27,31)/t21-/m0/s1. The Balaban J connectivity index is 1.69. The van der Waals surface area contributed by atoms with E-state index in [0.29, 0.717) is 24.3 Å². The third kappa shape index (κ3) is 6.77. The number of benzene rings is 1. The third-order valence-electron chi connectivity index (χ3n) is 5.13. The van der Waals surface area contributed by atoms with Crippen LogP contribution in [-0.4, -0.2) is 53.4 Å². The van der Waals surface area contributed by atoms with E-state index in [2.05, 4.69) is 10.3 Å². The van der Waals surface area contributed by atoms with Crippen molar-refractivity contribution >= 4 is 17.8 Å². The number of unbranched alkanes of at least 4 members (excludes halogenated alkanes) is 1. The molecule has 0 radical (unpaired) electrons. The van der Waals surface area contributed by atoms with E-state index in [1.807, 2.05) is 13.0 Å². The fourth-order valence-electron chi connectivity index (χ4n) is 3.33. The lowest BCUT2D eigenvalue weighted by atomic mass is 10.0. The van der Waals surface area contributed by atoms with Crippen molar-refractivity contribution in [2.75, 3.05) is 19.7 Å². The third-order valence-corrected chi connectivity index (χ3v) is 5.13. The highest BCUT2D eigenvalue weighted by Crippen LogP contribution is 2.23. The molecule has 0 aliphatic carbocycles. The number of Topliss-reactive ketones (excluding diaryl/α,β-unsaturated/α-hetero) is 1. The molecular formula is C24H26N4O5.